The van der Waals surface area contributed by atoms with Crippen molar-refractivity contribution in [2.75, 3.05) is 26.4 Å². The van der Waals surface area contributed by atoms with Gasteiger partial charge in [-0.15, -0.1) is 0 Å². The van der Waals surface area contributed by atoms with E-state index in [2.05, 4.69) is 77.6 Å². The van der Waals surface area contributed by atoms with Gasteiger partial charge < -0.3 is 39.5 Å². The fraction of sp³-hybridized carbons (Fsp3) is 0.636. The van der Waals surface area contributed by atoms with E-state index in [0.717, 1.165) is 51.4 Å². The maximum atomic E-state index is 12.7. The zero-order valence-corrected chi connectivity index (χ0v) is 38.0. The molecule has 0 rings (SSSR count). The van der Waals surface area contributed by atoms with Crippen molar-refractivity contribution < 1.29 is 71.8 Å². The van der Waals surface area contributed by atoms with Crippen molar-refractivity contribution in [1.29, 1.82) is 0 Å². The van der Waals surface area contributed by atoms with Gasteiger partial charge in [-0.2, -0.15) is 0 Å². The highest BCUT2D eigenvalue weighted by Gasteiger charge is 2.28. The third kappa shape index (κ3) is 41.0. The number of allylic oxidation sites excluding steroid dienone is 13. The van der Waals surface area contributed by atoms with Crippen LogP contribution in [0.1, 0.15) is 129 Å². The van der Waals surface area contributed by atoms with Crippen LogP contribution in [0.5, 0.6) is 0 Å². The zero-order valence-electron chi connectivity index (χ0n) is 36.2. The van der Waals surface area contributed by atoms with Crippen LogP contribution in [0.3, 0.4) is 0 Å². The van der Waals surface area contributed by atoms with Crippen LogP contribution in [0.25, 0.3) is 0 Å². The molecule has 0 amide bonds. The average Bonchev–Trinajstić information content (AvgIpc) is 3.21. The predicted molar refractivity (Wildman–Crippen MR) is 237 cm³/mol. The van der Waals surface area contributed by atoms with Crippen LogP contribution in [0, 0.1) is 0 Å². The molecule has 0 spiro atoms. The molecule has 0 saturated heterocycles. The number of unbranched alkanes of at least 4 members (excludes halogenated alkanes) is 5. The Morgan fingerprint density at radius 1 is 0.541 bits per heavy atom. The molecule has 0 heterocycles. The van der Waals surface area contributed by atoms with Crippen molar-refractivity contribution in [3.05, 3.63) is 85.1 Å². The molecule has 1 unspecified atom stereocenters. The molecule has 6 N–H and O–H groups in total. The minimum absolute atomic E-state index is 0.0798. The molecular formula is C44H74O15P2. The SMILES string of the molecule is CC/C=C\C/C=C\C/C=C\C/C=C\C[C@@H](O)[C@H](O)CCCC(=O)O[C@H](COC(=O)CCCC/C=C\C/C=C\C/C=C\CCCCC)COP(=O)(O)OC[C@@H](O)COP(=O)(O)O. The lowest BCUT2D eigenvalue weighted by molar-refractivity contribution is -0.161. The van der Waals surface area contributed by atoms with Crippen molar-refractivity contribution in [2.45, 2.75) is 154 Å². The van der Waals surface area contributed by atoms with Gasteiger partial charge in [-0.1, -0.05) is 112 Å². The highest BCUT2D eigenvalue weighted by atomic mass is 31.2. The minimum Gasteiger partial charge on any atom is -0.462 e. The van der Waals surface area contributed by atoms with E-state index in [1.807, 2.05) is 24.3 Å². The van der Waals surface area contributed by atoms with E-state index in [1.165, 1.54) is 19.3 Å². The summed E-state index contributed by atoms with van der Waals surface area (Å²) in [6, 6.07) is 0. The Bertz CT molecular complexity index is 1430. The first-order chi connectivity index (χ1) is 29.2. The van der Waals surface area contributed by atoms with E-state index in [-0.39, 0.29) is 32.1 Å². The molecule has 0 aromatic heterocycles. The smallest absolute Gasteiger partial charge is 0.462 e. The van der Waals surface area contributed by atoms with Crippen molar-refractivity contribution in [3.8, 4) is 0 Å². The number of rotatable bonds is 39. The van der Waals surface area contributed by atoms with Gasteiger partial charge in [0, 0.05) is 12.8 Å². The number of aliphatic hydroxyl groups excluding tert-OH is 3. The summed E-state index contributed by atoms with van der Waals surface area (Å²) in [7, 11) is -9.81. The number of carbonyl (C=O) groups excluding carboxylic acids is 2. The van der Waals surface area contributed by atoms with Crippen LogP contribution < -0.4 is 0 Å². The summed E-state index contributed by atoms with van der Waals surface area (Å²) in [5.41, 5.74) is 0. The average molecular weight is 905 g/mol. The fourth-order valence-electron chi connectivity index (χ4n) is 5.09. The summed E-state index contributed by atoms with van der Waals surface area (Å²) < 4.78 is 47.5. The van der Waals surface area contributed by atoms with E-state index in [1.54, 1.807) is 6.08 Å². The third-order valence-corrected chi connectivity index (χ3v) is 9.89. The van der Waals surface area contributed by atoms with Gasteiger partial charge in [0.15, 0.2) is 6.10 Å². The Labute approximate surface area is 363 Å². The Hall–Kier alpha value is -2.78. The first kappa shape index (κ1) is 58.2. The molecule has 5 atom stereocenters. The number of esters is 2. The summed E-state index contributed by atoms with van der Waals surface area (Å²) in [6.45, 7) is 1.21. The molecule has 0 aliphatic rings. The number of hydrogen-bond donors (Lipinski definition) is 6. The summed E-state index contributed by atoms with van der Waals surface area (Å²) in [5, 5.41) is 30.5. The van der Waals surface area contributed by atoms with Crippen molar-refractivity contribution in [3.63, 3.8) is 0 Å². The van der Waals surface area contributed by atoms with Crippen LogP contribution in [-0.2, 0) is 41.8 Å². The van der Waals surface area contributed by atoms with Crippen LogP contribution in [0.15, 0.2) is 85.1 Å². The Morgan fingerprint density at radius 3 is 1.59 bits per heavy atom. The Morgan fingerprint density at radius 2 is 1.03 bits per heavy atom. The molecule has 350 valence electrons. The number of phosphoric ester groups is 2. The summed E-state index contributed by atoms with van der Waals surface area (Å²) in [5.74, 6) is -1.37. The number of hydrogen-bond acceptors (Lipinski definition) is 12. The Balaban J connectivity index is 4.86. The molecule has 0 fully saturated rings. The van der Waals surface area contributed by atoms with E-state index in [9.17, 15) is 38.9 Å². The van der Waals surface area contributed by atoms with Gasteiger partial charge in [-0.05, 0) is 89.9 Å². The maximum absolute atomic E-state index is 12.7. The van der Waals surface area contributed by atoms with E-state index in [4.69, 9.17) is 23.8 Å². The fourth-order valence-corrected chi connectivity index (χ4v) is 6.24. The van der Waals surface area contributed by atoms with Crippen LogP contribution in [0.2, 0.25) is 0 Å². The van der Waals surface area contributed by atoms with Gasteiger partial charge in [0.2, 0.25) is 0 Å². The normalized spacial score (nSPS) is 15.9. The van der Waals surface area contributed by atoms with Gasteiger partial charge in [-0.3, -0.25) is 23.2 Å². The van der Waals surface area contributed by atoms with Crippen LogP contribution >= 0.6 is 15.6 Å². The highest BCUT2D eigenvalue weighted by molar-refractivity contribution is 7.47. The second-order valence-corrected chi connectivity index (χ2v) is 16.9. The van der Waals surface area contributed by atoms with Gasteiger partial charge in [-0.25, -0.2) is 9.13 Å². The van der Waals surface area contributed by atoms with Crippen LogP contribution in [0.4, 0.5) is 0 Å². The van der Waals surface area contributed by atoms with Crippen molar-refractivity contribution >= 4 is 27.6 Å². The molecule has 0 aliphatic heterocycles. The van der Waals surface area contributed by atoms with E-state index in [0.29, 0.717) is 12.8 Å². The molecule has 0 aliphatic carbocycles. The van der Waals surface area contributed by atoms with Gasteiger partial charge in [0.05, 0.1) is 32.0 Å². The number of carbonyl (C=O) groups is 2. The molecule has 61 heavy (non-hydrogen) atoms. The minimum atomic E-state index is -4.90. The quantitative estimate of drug-likeness (QED) is 0.0146. The summed E-state index contributed by atoms with van der Waals surface area (Å²) in [4.78, 5) is 52.7. The van der Waals surface area contributed by atoms with Gasteiger partial charge in [0.25, 0.3) is 0 Å². The topological polar surface area (TPSA) is 236 Å². The summed E-state index contributed by atoms with van der Waals surface area (Å²) in [6.07, 6.45) is 36.1. The monoisotopic (exact) mass is 904 g/mol. The predicted octanol–water partition coefficient (Wildman–Crippen LogP) is 8.72. The molecular weight excluding hydrogens is 830 g/mol. The second-order valence-electron chi connectivity index (χ2n) is 14.2. The molecule has 0 bridgehead atoms. The van der Waals surface area contributed by atoms with Crippen molar-refractivity contribution in [1.82, 2.24) is 0 Å². The molecule has 0 saturated carbocycles. The molecule has 0 aromatic carbocycles. The Kier molecular flexibility index (Phi) is 37.1. The van der Waals surface area contributed by atoms with E-state index >= 15 is 0 Å². The summed E-state index contributed by atoms with van der Waals surface area (Å²) >= 11 is 0. The van der Waals surface area contributed by atoms with E-state index < -0.39 is 78.4 Å². The lowest BCUT2D eigenvalue weighted by Gasteiger charge is -2.21. The van der Waals surface area contributed by atoms with Crippen LogP contribution in [-0.4, -0.2) is 92.8 Å². The largest absolute Gasteiger partial charge is 0.472 e. The first-order valence-corrected chi connectivity index (χ1v) is 24.5. The number of phosphoric acid groups is 2. The first-order valence-electron chi connectivity index (χ1n) is 21.4. The molecule has 0 aromatic rings. The molecule has 17 heteroatoms. The van der Waals surface area contributed by atoms with Gasteiger partial charge >= 0.3 is 27.6 Å². The standard InChI is InChI=1S/C44H74O15P2/c1-3-5-7-9-11-13-15-17-18-19-21-23-25-27-29-33-43(48)55-37-40(38-58-61(53,54)57-36-39(45)35-56-60(50,51)52)59-44(49)34-30-32-42(47)41(46)31-28-26-24-22-20-16-14-12-10-8-6-4-2/h6,8,11-14,17-18,20-23,26,28,39-42,45-47H,3-5,7,9-10,15-16,19,24-25,27,29-38H2,1-2H3,(H,53,54)(H2,50,51,52)/b8-6-,13-11-,14-12-,18-17-,22-20-,23-21-,28-26-/t39-,40+,41+,42+/m0/s1. The lowest BCUT2D eigenvalue weighted by atomic mass is 10.0. The molecule has 15 nitrogen and oxygen atoms in total. The van der Waals surface area contributed by atoms with Gasteiger partial charge in [0.1, 0.15) is 12.7 Å². The second kappa shape index (κ2) is 38.9. The number of aliphatic hydroxyl groups is 3. The molecule has 0 radical (unpaired) electrons. The third-order valence-electron chi connectivity index (χ3n) is 8.46. The van der Waals surface area contributed by atoms with Crippen molar-refractivity contribution in [2.24, 2.45) is 0 Å². The maximum Gasteiger partial charge on any atom is 0.472 e. The highest BCUT2D eigenvalue weighted by Crippen LogP contribution is 2.43. The lowest BCUT2D eigenvalue weighted by Crippen LogP contribution is -2.30. The number of ether oxygens (including phenoxy) is 2. The zero-order chi connectivity index (χ0) is 45.5.